The van der Waals surface area contributed by atoms with E-state index in [1.54, 1.807) is 0 Å². The van der Waals surface area contributed by atoms with Gasteiger partial charge in [-0.1, -0.05) is 83.1 Å². The molecule has 122 valence electrons. The van der Waals surface area contributed by atoms with Gasteiger partial charge in [-0.3, -0.25) is 0 Å². The normalized spacial score (nSPS) is 2.67. The maximum atomic E-state index is 2.12. The van der Waals surface area contributed by atoms with Crippen molar-refractivity contribution in [2.45, 2.75) is 83.1 Å². The molecule has 18 heavy (non-hydrogen) atoms. The van der Waals surface area contributed by atoms with E-state index in [0.717, 1.165) is 0 Å². The summed E-state index contributed by atoms with van der Waals surface area (Å²) in [7, 11) is 0. The molecule has 2 heteroatoms. The molecule has 0 unspecified atom stereocenters. The molecular weight excluding hydrogens is 370 g/mol. The van der Waals surface area contributed by atoms with Gasteiger partial charge in [0.05, 0.1) is 0 Å². The van der Waals surface area contributed by atoms with Crippen molar-refractivity contribution in [2.75, 3.05) is 0 Å². The van der Waals surface area contributed by atoms with E-state index in [0.29, 0.717) is 0 Å². The Labute approximate surface area is 176 Å². The van der Waals surface area contributed by atoms with E-state index in [1.165, 1.54) is 12.8 Å². The average molecular weight is 418 g/mol. The third-order valence-corrected chi connectivity index (χ3v) is 0. The van der Waals surface area contributed by atoms with Crippen molar-refractivity contribution in [1.29, 1.82) is 0 Å². The van der Waals surface area contributed by atoms with Crippen LogP contribution in [0.4, 0.5) is 0 Å². The molecule has 0 aromatic carbocycles. The minimum absolute atomic E-state index is 0. The summed E-state index contributed by atoms with van der Waals surface area (Å²) in [5.41, 5.74) is 0. The first-order valence-electron chi connectivity index (χ1n) is 4.83. The number of rotatable bonds is 0. The molecular formula is C16H48Y2-4. The molecule has 0 aliphatic rings. The van der Waals surface area contributed by atoms with Gasteiger partial charge in [-0.05, 0) is 0 Å². The van der Waals surface area contributed by atoms with Gasteiger partial charge in [0.1, 0.15) is 0 Å². The van der Waals surface area contributed by atoms with Crippen molar-refractivity contribution in [3.8, 4) is 0 Å². The topological polar surface area (TPSA) is 0 Å². The van der Waals surface area contributed by atoms with Crippen LogP contribution in [-0.4, -0.2) is 0 Å². The van der Waals surface area contributed by atoms with E-state index in [4.69, 9.17) is 0 Å². The Hall–Kier alpha value is 2.21. The monoisotopic (exact) mass is 418 g/mol. The summed E-state index contributed by atoms with van der Waals surface area (Å²) in [5.74, 6) is 0. The van der Waals surface area contributed by atoms with Crippen molar-refractivity contribution < 1.29 is 65.4 Å². The average Bonchev–Trinajstić information content (AvgIpc) is 1.99. The third kappa shape index (κ3) is 1110. The van der Waals surface area contributed by atoms with Crippen molar-refractivity contribution in [3.05, 3.63) is 29.7 Å². The minimum Gasteiger partial charge on any atom is -0.358 e. The third-order valence-electron chi connectivity index (χ3n) is 0. The van der Waals surface area contributed by atoms with Gasteiger partial charge >= 0.3 is 0 Å². The predicted octanol–water partition coefficient (Wildman–Crippen LogP) is 7.95. The first-order valence-corrected chi connectivity index (χ1v) is 4.83. The van der Waals surface area contributed by atoms with Gasteiger partial charge in [-0.2, -0.15) is 0 Å². The molecule has 2 radical (unpaired) electrons. The Morgan fingerprint density at radius 2 is 0.444 bits per heavy atom. The fourth-order valence-corrected chi connectivity index (χ4v) is 0. The van der Waals surface area contributed by atoms with Gasteiger partial charge in [0.15, 0.2) is 0 Å². The molecule has 0 aromatic heterocycles. The molecule has 0 saturated carbocycles. The SMILES string of the molecule is C.C.CC.CC.CCC.CCC.[CH3-].[CH3-].[CH3-].[CH3-].[Y].[Y]. The summed E-state index contributed by atoms with van der Waals surface area (Å²) in [6.45, 7) is 16.5. The molecule has 0 N–H and O–H groups in total. The Kier molecular flexibility index (Phi) is 2210. The summed E-state index contributed by atoms with van der Waals surface area (Å²) in [6.07, 6.45) is 2.50. The Balaban J connectivity index is -0.00000000235. The van der Waals surface area contributed by atoms with E-state index >= 15 is 0 Å². The Morgan fingerprint density at radius 3 is 0.444 bits per heavy atom. The molecule has 0 rings (SSSR count). The summed E-state index contributed by atoms with van der Waals surface area (Å²) in [4.78, 5) is 0. The maximum Gasteiger partial charge on any atom is 0 e. The quantitative estimate of drug-likeness (QED) is 0.350. The minimum atomic E-state index is 0. The van der Waals surface area contributed by atoms with Crippen molar-refractivity contribution in [1.82, 2.24) is 0 Å². The Bertz CT molecular complexity index is 11.1. The van der Waals surface area contributed by atoms with Gasteiger partial charge in [0.2, 0.25) is 0 Å². The van der Waals surface area contributed by atoms with Crippen LogP contribution in [0, 0.1) is 29.7 Å². The summed E-state index contributed by atoms with van der Waals surface area (Å²) >= 11 is 0. The smallest absolute Gasteiger partial charge is 0 e. The zero-order valence-electron chi connectivity index (χ0n) is 14.6. The van der Waals surface area contributed by atoms with Crippen LogP contribution in [0.3, 0.4) is 0 Å². The van der Waals surface area contributed by atoms with Crippen LogP contribution in [0.5, 0.6) is 0 Å². The zero-order valence-corrected chi connectivity index (χ0v) is 20.2. The predicted molar refractivity (Wildman–Crippen MR) is 93.7 cm³/mol. The second kappa shape index (κ2) is 360. The molecule has 0 atom stereocenters. The van der Waals surface area contributed by atoms with Gasteiger partial charge in [0, 0.05) is 65.4 Å². The van der Waals surface area contributed by atoms with E-state index in [9.17, 15) is 0 Å². The molecule has 0 aliphatic heterocycles. The summed E-state index contributed by atoms with van der Waals surface area (Å²) in [6, 6.07) is 0. The van der Waals surface area contributed by atoms with Crippen LogP contribution < -0.4 is 0 Å². The van der Waals surface area contributed by atoms with E-state index in [1.807, 2.05) is 27.7 Å². The molecule has 0 amide bonds. The fraction of sp³-hybridized carbons (Fsp3) is 0.750. The zero-order chi connectivity index (χ0) is 9.41. The van der Waals surface area contributed by atoms with Gasteiger partial charge in [-0.15, -0.1) is 0 Å². The standard InChI is InChI=1S/2C3H8.2C2H6.2CH4.4CH3.2Y/c2*1-3-2;2*1-2;;;;;;;;/h2*3H2,1-2H3;2*1-2H3;2*1H4;4*1H3;;/q;;;;;;4*-1;;. The van der Waals surface area contributed by atoms with Crippen LogP contribution in [0.25, 0.3) is 0 Å². The molecule has 0 nitrogen and oxygen atoms in total. The van der Waals surface area contributed by atoms with Crippen molar-refractivity contribution >= 4 is 0 Å². The molecule has 0 fully saturated rings. The van der Waals surface area contributed by atoms with Crippen LogP contribution in [-0.2, 0) is 65.4 Å². The van der Waals surface area contributed by atoms with E-state index in [2.05, 4.69) is 27.7 Å². The maximum absolute atomic E-state index is 2.12. The van der Waals surface area contributed by atoms with Crippen LogP contribution >= 0.6 is 0 Å². The van der Waals surface area contributed by atoms with Gasteiger partial charge < -0.3 is 29.7 Å². The van der Waals surface area contributed by atoms with Crippen LogP contribution in [0.1, 0.15) is 83.1 Å². The summed E-state index contributed by atoms with van der Waals surface area (Å²) in [5, 5.41) is 0. The molecule has 0 heterocycles. The van der Waals surface area contributed by atoms with E-state index < -0.39 is 0 Å². The van der Waals surface area contributed by atoms with Crippen LogP contribution in [0.2, 0.25) is 0 Å². The molecule has 0 aromatic rings. The van der Waals surface area contributed by atoms with Gasteiger partial charge in [-0.25, -0.2) is 0 Å². The van der Waals surface area contributed by atoms with Gasteiger partial charge in [0.25, 0.3) is 0 Å². The van der Waals surface area contributed by atoms with Crippen molar-refractivity contribution in [3.63, 3.8) is 0 Å². The first-order chi connectivity index (χ1) is 4.83. The molecule has 0 saturated heterocycles. The summed E-state index contributed by atoms with van der Waals surface area (Å²) < 4.78 is 0. The number of hydrogen-bond acceptors (Lipinski definition) is 0. The van der Waals surface area contributed by atoms with Crippen molar-refractivity contribution in [2.24, 2.45) is 0 Å². The second-order valence-corrected chi connectivity index (χ2v) is 1.41. The first kappa shape index (κ1) is 111. The molecule has 0 bridgehead atoms. The second-order valence-electron chi connectivity index (χ2n) is 1.41. The Morgan fingerprint density at radius 1 is 0.444 bits per heavy atom. The largest absolute Gasteiger partial charge is 0.358 e. The van der Waals surface area contributed by atoms with E-state index in [-0.39, 0.29) is 110 Å². The molecule has 0 spiro atoms. The van der Waals surface area contributed by atoms with Crippen LogP contribution in [0.15, 0.2) is 0 Å². The number of hydrogen-bond donors (Lipinski definition) is 0. The fourth-order valence-electron chi connectivity index (χ4n) is 0. The molecule has 0 aliphatic carbocycles.